The summed E-state index contributed by atoms with van der Waals surface area (Å²) in [5.74, 6) is 1.04. The van der Waals surface area contributed by atoms with Gasteiger partial charge < -0.3 is 19.0 Å². The van der Waals surface area contributed by atoms with E-state index in [1.807, 2.05) is 24.3 Å². The van der Waals surface area contributed by atoms with Gasteiger partial charge in [0.2, 0.25) is 0 Å². The average Bonchev–Trinajstić information content (AvgIpc) is 2.49. The molecule has 0 spiro atoms. The van der Waals surface area contributed by atoms with Crippen molar-refractivity contribution in [3.05, 3.63) is 29.8 Å². The summed E-state index contributed by atoms with van der Waals surface area (Å²) in [4.78, 5) is 10.9. The predicted molar refractivity (Wildman–Crippen MR) is 91.5 cm³/mol. The van der Waals surface area contributed by atoms with Crippen LogP contribution in [-0.2, 0) is 20.7 Å². The fourth-order valence-electron chi connectivity index (χ4n) is 1.67. The standard InChI is InChI=1S/C16H23IO4/c1-14(18)2-3-15-4-6-16(7-5-15)21-13-12-20-11-10-19-9-8-17/h4-7H,2-3,8-13H2,1H3. The van der Waals surface area contributed by atoms with Crippen molar-refractivity contribution in [1.82, 2.24) is 0 Å². The van der Waals surface area contributed by atoms with Crippen molar-refractivity contribution >= 4 is 28.4 Å². The average molecular weight is 406 g/mol. The van der Waals surface area contributed by atoms with E-state index >= 15 is 0 Å². The lowest BCUT2D eigenvalue weighted by molar-refractivity contribution is -0.116. The Morgan fingerprint density at radius 3 is 2.24 bits per heavy atom. The van der Waals surface area contributed by atoms with Gasteiger partial charge in [-0.1, -0.05) is 34.7 Å². The molecule has 0 aromatic heterocycles. The van der Waals surface area contributed by atoms with Crippen LogP contribution in [-0.4, -0.2) is 43.2 Å². The summed E-state index contributed by atoms with van der Waals surface area (Å²) in [6, 6.07) is 7.85. The van der Waals surface area contributed by atoms with Crippen molar-refractivity contribution in [2.24, 2.45) is 0 Å². The summed E-state index contributed by atoms with van der Waals surface area (Å²) in [6.45, 7) is 4.71. The highest BCUT2D eigenvalue weighted by Gasteiger charge is 1.98. The van der Waals surface area contributed by atoms with Gasteiger partial charge in [0, 0.05) is 10.8 Å². The maximum Gasteiger partial charge on any atom is 0.130 e. The number of hydrogen-bond acceptors (Lipinski definition) is 4. The number of alkyl halides is 1. The number of carbonyl (C=O) groups excluding carboxylic acids is 1. The molecule has 4 nitrogen and oxygen atoms in total. The molecule has 1 aromatic carbocycles. The van der Waals surface area contributed by atoms with Gasteiger partial charge in [-0.25, -0.2) is 0 Å². The van der Waals surface area contributed by atoms with Crippen molar-refractivity contribution in [1.29, 1.82) is 0 Å². The molecule has 0 radical (unpaired) electrons. The van der Waals surface area contributed by atoms with E-state index in [9.17, 15) is 4.79 Å². The van der Waals surface area contributed by atoms with Crippen LogP contribution in [0.4, 0.5) is 0 Å². The first kappa shape index (κ1) is 18.4. The number of carbonyl (C=O) groups is 1. The molecule has 0 aliphatic carbocycles. The lowest BCUT2D eigenvalue weighted by Crippen LogP contribution is -2.11. The SMILES string of the molecule is CC(=O)CCc1ccc(OCCOCCOCCI)cc1. The van der Waals surface area contributed by atoms with Crippen LogP contribution in [0.1, 0.15) is 18.9 Å². The first-order valence-corrected chi connectivity index (χ1v) is 8.67. The minimum atomic E-state index is 0.218. The molecular weight excluding hydrogens is 383 g/mol. The molecule has 118 valence electrons. The second-order valence-electron chi connectivity index (χ2n) is 4.61. The van der Waals surface area contributed by atoms with Crippen molar-refractivity contribution in [3.8, 4) is 5.75 Å². The molecule has 0 fully saturated rings. The highest BCUT2D eigenvalue weighted by Crippen LogP contribution is 2.13. The molecule has 0 heterocycles. The first-order chi connectivity index (χ1) is 10.2. The molecular formula is C16H23IO4. The van der Waals surface area contributed by atoms with E-state index in [1.54, 1.807) is 6.92 Å². The minimum absolute atomic E-state index is 0.218. The van der Waals surface area contributed by atoms with Crippen molar-refractivity contribution in [2.75, 3.05) is 37.5 Å². The summed E-state index contributed by atoms with van der Waals surface area (Å²) < 4.78 is 17.3. The van der Waals surface area contributed by atoms with E-state index in [1.165, 1.54) is 0 Å². The Morgan fingerprint density at radius 1 is 1.00 bits per heavy atom. The summed E-state index contributed by atoms with van der Waals surface area (Å²) >= 11 is 2.28. The smallest absolute Gasteiger partial charge is 0.130 e. The fraction of sp³-hybridized carbons (Fsp3) is 0.562. The summed E-state index contributed by atoms with van der Waals surface area (Å²) in [7, 11) is 0. The van der Waals surface area contributed by atoms with Crippen LogP contribution in [0.3, 0.4) is 0 Å². The van der Waals surface area contributed by atoms with E-state index in [-0.39, 0.29) is 5.78 Å². The van der Waals surface area contributed by atoms with E-state index in [0.29, 0.717) is 32.8 Å². The second-order valence-corrected chi connectivity index (χ2v) is 5.69. The number of ketones is 1. The summed E-state index contributed by atoms with van der Waals surface area (Å²) in [6.07, 6.45) is 1.38. The summed E-state index contributed by atoms with van der Waals surface area (Å²) in [5, 5.41) is 0. The molecule has 5 heteroatoms. The van der Waals surface area contributed by atoms with Gasteiger partial charge >= 0.3 is 0 Å². The van der Waals surface area contributed by atoms with Crippen LogP contribution >= 0.6 is 22.6 Å². The van der Waals surface area contributed by atoms with E-state index in [4.69, 9.17) is 14.2 Å². The summed E-state index contributed by atoms with van der Waals surface area (Å²) in [5.41, 5.74) is 1.15. The zero-order chi connectivity index (χ0) is 15.3. The van der Waals surface area contributed by atoms with Gasteiger partial charge in [-0.15, -0.1) is 0 Å². The second kappa shape index (κ2) is 11.9. The number of ether oxygens (including phenoxy) is 3. The molecule has 0 bridgehead atoms. The van der Waals surface area contributed by atoms with Crippen LogP contribution in [0.15, 0.2) is 24.3 Å². The van der Waals surface area contributed by atoms with Gasteiger partial charge in [-0.2, -0.15) is 0 Å². The van der Waals surface area contributed by atoms with Crippen LogP contribution in [0, 0.1) is 0 Å². The van der Waals surface area contributed by atoms with Crippen LogP contribution < -0.4 is 4.74 Å². The first-order valence-electron chi connectivity index (χ1n) is 7.15. The topological polar surface area (TPSA) is 44.8 Å². The monoisotopic (exact) mass is 406 g/mol. The largest absolute Gasteiger partial charge is 0.491 e. The molecule has 1 rings (SSSR count). The zero-order valence-electron chi connectivity index (χ0n) is 12.5. The molecule has 0 saturated carbocycles. The Morgan fingerprint density at radius 2 is 1.62 bits per heavy atom. The molecule has 21 heavy (non-hydrogen) atoms. The third kappa shape index (κ3) is 9.82. The number of rotatable bonds is 12. The molecule has 0 amide bonds. The van der Waals surface area contributed by atoms with E-state index < -0.39 is 0 Å². The van der Waals surface area contributed by atoms with Crippen LogP contribution in [0.5, 0.6) is 5.75 Å². The number of aryl methyl sites for hydroxylation is 1. The Balaban J connectivity index is 2.08. The Labute approximate surface area is 140 Å². The van der Waals surface area contributed by atoms with Gasteiger partial charge in [-0.05, 0) is 31.0 Å². The molecule has 1 aromatic rings. The molecule has 0 aliphatic heterocycles. The molecule has 0 saturated heterocycles. The third-order valence-corrected chi connectivity index (χ3v) is 3.22. The zero-order valence-corrected chi connectivity index (χ0v) is 14.6. The Bertz CT molecular complexity index is 392. The van der Waals surface area contributed by atoms with Crippen molar-refractivity contribution in [2.45, 2.75) is 19.8 Å². The maximum atomic E-state index is 10.9. The number of hydrogen-bond donors (Lipinski definition) is 0. The Hall–Kier alpha value is -0.660. The molecule has 0 aliphatic rings. The molecule has 0 atom stereocenters. The van der Waals surface area contributed by atoms with Crippen molar-refractivity contribution < 1.29 is 19.0 Å². The quantitative estimate of drug-likeness (QED) is 0.304. The normalized spacial score (nSPS) is 10.6. The van der Waals surface area contributed by atoms with Gasteiger partial charge in [0.1, 0.15) is 18.1 Å². The number of benzene rings is 1. The van der Waals surface area contributed by atoms with Crippen LogP contribution in [0.2, 0.25) is 0 Å². The lowest BCUT2D eigenvalue weighted by Gasteiger charge is -2.08. The lowest BCUT2D eigenvalue weighted by atomic mass is 10.1. The fourth-order valence-corrected chi connectivity index (χ4v) is 1.98. The van der Waals surface area contributed by atoms with Gasteiger partial charge in [-0.3, -0.25) is 0 Å². The maximum absolute atomic E-state index is 10.9. The minimum Gasteiger partial charge on any atom is -0.491 e. The van der Waals surface area contributed by atoms with E-state index in [0.717, 1.165) is 28.8 Å². The van der Waals surface area contributed by atoms with Gasteiger partial charge in [0.15, 0.2) is 0 Å². The van der Waals surface area contributed by atoms with Crippen molar-refractivity contribution in [3.63, 3.8) is 0 Å². The third-order valence-electron chi connectivity index (χ3n) is 2.78. The number of halogens is 1. The van der Waals surface area contributed by atoms with Crippen LogP contribution in [0.25, 0.3) is 0 Å². The Kier molecular flexibility index (Phi) is 10.5. The van der Waals surface area contributed by atoms with E-state index in [2.05, 4.69) is 22.6 Å². The number of Topliss-reactive ketones (excluding diaryl/α,β-unsaturated/α-hetero) is 1. The molecule has 0 N–H and O–H groups in total. The van der Waals surface area contributed by atoms with Gasteiger partial charge in [0.05, 0.1) is 26.4 Å². The highest BCUT2D eigenvalue weighted by molar-refractivity contribution is 14.1. The highest BCUT2D eigenvalue weighted by atomic mass is 127. The van der Waals surface area contributed by atoms with Gasteiger partial charge in [0.25, 0.3) is 0 Å². The predicted octanol–water partition coefficient (Wildman–Crippen LogP) is 3.06. The molecule has 0 unspecified atom stereocenters.